The first-order valence-corrected chi connectivity index (χ1v) is 10.9. The molecular weight excluding hydrogens is 454 g/mol. The maximum atomic E-state index is 12.8. The summed E-state index contributed by atoms with van der Waals surface area (Å²) in [7, 11) is 1.58. The van der Waals surface area contributed by atoms with E-state index in [1.165, 1.54) is 4.90 Å². The van der Waals surface area contributed by atoms with E-state index in [9.17, 15) is 9.59 Å². The van der Waals surface area contributed by atoms with Gasteiger partial charge in [0, 0.05) is 4.47 Å². The van der Waals surface area contributed by atoms with Crippen LogP contribution in [0.5, 0.6) is 11.5 Å². The van der Waals surface area contributed by atoms with Crippen molar-refractivity contribution < 1.29 is 19.1 Å². The summed E-state index contributed by atoms with van der Waals surface area (Å²) in [5.74, 6) is 0.973. The Kier molecular flexibility index (Phi) is 7.39. The number of amides is 2. The summed E-state index contributed by atoms with van der Waals surface area (Å²) in [6, 6.07) is 13.0. The second kappa shape index (κ2) is 9.98. The Morgan fingerprint density at radius 2 is 1.93 bits per heavy atom. The number of methoxy groups -OCH3 is 1. The van der Waals surface area contributed by atoms with Crippen LogP contribution in [-0.4, -0.2) is 29.8 Å². The second-order valence-electron chi connectivity index (χ2n) is 6.47. The zero-order valence-corrected chi connectivity index (χ0v) is 18.7. The van der Waals surface area contributed by atoms with Crippen LogP contribution in [0.1, 0.15) is 30.9 Å². The molecule has 0 spiro atoms. The smallest absolute Gasteiger partial charge is 0.293 e. The van der Waals surface area contributed by atoms with Gasteiger partial charge in [-0.2, -0.15) is 0 Å². The molecule has 2 aromatic carbocycles. The lowest BCUT2D eigenvalue weighted by Gasteiger charge is -2.13. The van der Waals surface area contributed by atoms with Gasteiger partial charge in [-0.25, -0.2) is 0 Å². The number of thioether (sulfide) groups is 1. The van der Waals surface area contributed by atoms with Crippen LogP contribution >= 0.6 is 27.7 Å². The number of ether oxygens (including phenoxy) is 2. The number of imide groups is 1. The van der Waals surface area contributed by atoms with E-state index in [2.05, 4.69) is 22.9 Å². The third kappa shape index (κ3) is 5.22. The topological polar surface area (TPSA) is 55.8 Å². The number of rotatable bonds is 8. The monoisotopic (exact) mass is 475 g/mol. The molecule has 0 atom stereocenters. The fourth-order valence-electron chi connectivity index (χ4n) is 2.80. The Morgan fingerprint density at radius 3 is 2.66 bits per heavy atom. The third-order valence-corrected chi connectivity index (χ3v) is 6.08. The van der Waals surface area contributed by atoms with Crippen LogP contribution in [-0.2, 0) is 11.3 Å². The van der Waals surface area contributed by atoms with E-state index < -0.39 is 0 Å². The van der Waals surface area contributed by atoms with E-state index in [1.54, 1.807) is 13.2 Å². The number of hydrogen-bond donors (Lipinski definition) is 0. The third-order valence-electron chi connectivity index (χ3n) is 4.40. The van der Waals surface area contributed by atoms with Gasteiger partial charge in [0.2, 0.25) is 0 Å². The average Bonchev–Trinajstić information content (AvgIpc) is 2.98. The summed E-state index contributed by atoms with van der Waals surface area (Å²) in [6.45, 7) is 2.96. The van der Waals surface area contributed by atoms with Gasteiger partial charge >= 0.3 is 0 Å². The molecule has 29 heavy (non-hydrogen) atoms. The van der Waals surface area contributed by atoms with Crippen molar-refractivity contribution >= 4 is 44.9 Å². The molecule has 152 valence electrons. The summed E-state index contributed by atoms with van der Waals surface area (Å²) >= 11 is 4.41. The molecule has 0 unspecified atom stereocenters. The molecule has 0 aromatic heterocycles. The number of carbonyl (C=O) groups is 2. The highest BCUT2D eigenvalue weighted by atomic mass is 79.9. The number of benzene rings is 2. The largest absolute Gasteiger partial charge is 0.493 e. The minimum Gasteiger partial charge on any atom is -0.493 e. The summed E-state index contributed by atoms with van der Waals surface area (Å²) in [5.41, 5.74) is 1.65. The molecule has 1 fully saturated rings. The number of hydrogen-bond acceptors (Lipinski definition) is 5. The lowest BCUT2D eigenvalue weighted by atomic mass is 10.1. The molecule has 3 rings (SSSR count). The minimum absolute atomic E-state index is 0.233. The first-order valence-electron chi connectivity index (χ1n) is 9.33. The zero-order valence-electron chi connectivity index (χ0n) is 16.3. The molecule has 7 heteroatoms. The standard InChI is InChI=1S/C22H22BrNO4S/c1-3-4-11-28-18-10-9-15(12-19(18)27-2)13-20-21(25)24(22(26)29-20)14-16-7-5-6-8-17(16)23/h5-10,12-13H,3-4,11,14H2,1-2H3/b20-13-. The van der Waals surface area contributed by atoms with Gasteiger partial charge in [-0.1, -0.05) is 53.5 Å². The van der Waals surface area contributed by atoms with E-state index >= 15 is 0 Å². The van der Waals surface area contributed by atoms with Gasteiger partial charge in [0.25, 0.3) is 11.1 Å². The average molecular weight is 476 g/mol. The maximum absolute atomic E-state index is 12.8. The molecule has 0 bridgehead atoms. The van der Waals surface area contributed by atoms with Crippen molar-refractivity contribution in [2.75, 3.05) is 13.7 Å². The Morgan fingerprint density at radius 1 is 1.14 bits per heavy atom. The van der Waals surface area contributed by atoms with Crippen LogP contribution in [0.15, 0.2) is 51.8 Å². The number of halogens is 1. The van der Waals surface area contributed by atoms with Crippen molar-refractivity contribution in [2.24, 2.45) is 0 Å². The van der Waals surface area contributed by atoms with Crippen LogP contribution in [0.25, 0.3) is 6.08 Å². The molecular formula is C22H22BrNO4S. The predicted octanol–water partition coefficient (Wildman–Crippen LogP) is 5.87. The highest BCUT2D eigenvalue weighted by Crippen LogP contribution is 2.36. The lowest BCUT2D eigenvalue weighted by molar-refractivity contribution is -0.123. The Balaban J connectivity index is 1.77. The van der Waals surface area contributed by atoms with Crippen molar-refractivity contribution in [1.82, 2.24) is 4.90 Å². The van der Waals surface area contributed by atoms with Crippen LogP contribution in [0.2, 0.25) is 0 Å². The molecule has 1 aliphatic rings. The first-order chi connectivity index (χ1) is 14.0. The fourth-order valence-corrected chi connectivity index (χ4v) is 4.05. The van der Waals surface area contributed by atoms with E-state index in [-0.39, 0.29) is 17.7 Å². The van der Waals surface area contributed by atoms with Gasteiger partial charge in [-0.15, -0.1) is 0 Å². The molecule has 5 nitrogen and oxygen atoms in total. The van der Waals surface area contributed by atoms with Crippen molar-refractivity contribution in [2.45, 2.75) is 26.3 Å². The summed E-state index contributed by atoms with van der Waals surface area (Å²) in [6.07, 6.45) is 3.73. The van der Waals surface area contributed by atoms with Crippen LogP contribution in [0, 0.1) is 0 Å². The predicted molar refractivity (Wildman–Crippen MR) is 119 cm³/mol. The molecule has 0 N–H and O–H groups in total. The van der Waals surface area contributed by atoms with Crippen molar-refractivity contribution in [3.8, 4) is 11.5 Å². The number of unbranched alkanes of at least 4 members (excludes halogenated alkanes) is 1. The number of nitrogens with zero attached hydrogens (tertiary/aromatic N) is 1. The molecule has 2 aromatic rings. The van der Waals surface area contributed by atoms with E-state index in [0.717, 1.165) is 40.2 Å². The van der Waals surface area contributed by atoms with Crippen LogP contribution in [0.3, 0.4) is 0 Å². The zero-order chi connectivity index (χ0) is 20.8. The van der Waals surface area contributed by atoms with Gasteiger partial charge < -0.3 is 9.47 Å². The molecule has 2 amide bonds. The van der Waals surface area contributed by atoms with Crippen LogP contribution in [0.4, 0.5) is 4.79 Å². The van der Waals surface area contributed by atoms with Crippen LogP contribution < -0.4 is 9.47 Å². The Bertz CT molecular complexity index is 944. The van der Waals surface area contributed by atoms with Gasteiger partial charge in [-0.05, 0) is 53.6 Å². The summed E-state index contributed by atoms with van der Waals surface area (Å²) < 4.78 is 12.0. The first kappa shape index (κ1) is 21.5. The second-order valence-corrected chi connectivity index (χ2v) is 8.32. The Labute approximate surface area is 183 Å². The van der Waals surface area contributed by atoms with Crippen molar-refractivity contribution in [3.05, 3.63) is 63.0 Å². The quantitative estimate of drug-likeness (QED) is 0.352. The SMILES string of the molecule is CCCCOc1ccc(/C=C2\SC(=O)N(Cc3ccccc3Br)C2=O)cc1OC. The van der Waals surface area contributed by atoms with Crippen molar-refractivity contribution in [1.29, 1.82) is 0 Å². The van der Waals surface area contributed by atoms with E-state index in [0.29, 0.717) is 23.0 Å². The highest BCUT2D eigenvalue weighted by molar-refractivity contribution is 9.10. The van der Waals surface area contributed by atoms with E-state index in [4.69, 9.17) is 9.47 Å². The van der Waals surface area contributed by atoms with Gasteiger partial charge in [-0.3, -0.25) is 14.5 Å². The molecule has 0 saturated carbocycles. The minimum atomic E-state index is -0.294. The summed E-state index contributed by atoms with van der Waals surface area (Å²) in [5, 5.41) is -0.275. The molecule has 1 aliphatic heterocycles. The van der Waals surface area contributed by atoms with Gasteiger partial charge in [0.05, 0.1) is 25.2 Å². The molecule has 1 heterocycles. The Hall–Kier alpha value is -2.25. The molecule has 0 aliphatic carbocycles. The lowest BCUT2D eigenvalue weighted by Crippen LogP contribution is -2.27. The van der Waals surface area contributed by atoms with E-state index in [1.807, 2.05) is 42.5 Å². The normalized spacial score (nSPS) is 15.3. The number of carbonyl (C=O) groups excluding carboxylic acids is 2. The fraction of sp³-hybridized carbons (Fsp3) is 0.273. The van der Waals surface area contributed by atoms with Gasteiger partial charge in [0.15, 0.2) is 11.5 Å². The molecule has 1 saturated heterocycles. The van der Waals surface area contributed by atoms with Gasteiger partial charge in [0.1, 0.15) is 0 Å². The summed E-state index contributed by atoms with van der Waals surface area (Å²) in [4.78, 5) is 26.8. The molecule has 0 radical (unpaired) electrons. The van der Waals surface area contributed by atoms with Crippen molar-refractivity contribution in [3.63, 3.8) is 0 Å². The maximum Gasteiger partial charge on any atom is 0.293 e. The highest BCUT2D eigenvalue weighted by Gasteiger charge is 2.35.